The number of hydrogen-bond acceptors (Lipinski definition) is 1. The molecule has 0 radical (unpaired) electrons. The number of nitrogens with zero attached hydrogens (tertiary/aromatic N) is 1. The maximum Gasteiger partial charge on any atom is 0.471 e. The van der Waals surface area contributed by atoms with E-state index >= 15 is 0 Å². The van der Waals surface area contributed by atoms with Gasteiger partial charge in [-0.3, -0.25) is 4.79 Å². The normalized spacial score (nSPS) is 14.9. The number of alkyl halides is 3. The quantitative estimate of drug-likeness (QED) is 0.507. The minimum Gasteiger partial charge on any atom is -0.334 e. The first-order valence-electron chi connectivity index (χ1n) is 8.35. The van der Waals surface area contributed by atoms with Crippen LogP contribution >= 0.6 is 11.6 Å². The van der Waals surface area contributed by atoms with E-state index in [9.17, 15) is 22.4 Å². The van der Waals surface area contributed by atoms with E-state index in [4.69, 9.17) is 11.6 Å². The highest BCUT2D eigenvalue weighted by Gasteiger charge is 2.42. The summed E-state index contributed by atoms with van der Waals surface area (Å²) in [7, 11) is 0. The minimum absolute atomic E-state index is 0.0000263. The monoisotopic (exact) mass is 397 g/mol. The predicted molar refractivity (Wildman–Crippen MR) is 96.8 cm³/mol. The fourth-order valence-electron chi connectivity index (χ4n) is 3.18. The maximum atomic E-state index is 13.3. The summed E-state index contributed by atoms with van der Waals surface area (Å²) in [5, 5.41) is 0.456. The molecule has 7 heteroatoms. The zero-order chi connectivity index (χ0) is 19.6. The van der Waals surface area contributed by atoms with Gasteiger partial charge in [-0.2, -0.15) is 13.2 Å². The van der Waals surface area contributed by atoms with E-state index in [1.807, 2.05) is 0 Å². The molecule has 0 saturated carbocycles. The summed E-state index contributed by atoms with van der Waals surface area (Å²) in [6.45, 7) is -0.0352. The first-order valence-corrected chi connectivity index (χ1v) is 8.73. The number of amides is 1. The minimum atomic E-state index is -4.88. The molecule has 0 unspecified atom stereocenters. The number of hydrogen-bond donors (Lipinski definition) is 0. The van der Waals surface area contributed by atoms with Gasteiger partial charge in [0.1, 0.15) is 5.82 Å². The average molecular weight is 398 g/mol. The van der Waals surface area contributed by atoms with Gasteiger partial charge in [-0.15, -0.1) is 0 Å². The van der Waals surface area contributed by atoms with Crippen LogP contribution in [-0.4, -0.2) is 30.1 Å². The molecule has 0 aromatic heterocycles. The molecule has 0 atom stereocenters. The standard InChI is InChI=1S/C20H16ClF4NO/c21-18-7-5-14-8-10-26(19(27)20(23,24)25)11-9-16(14)17(18)6-4-13-2-1-3-15(22)12-13/h1-7,12H,8-11H2. The van der Waals surface area contributed by atoms with Crippen LogP contribution in [0.4, 0.5) is 17.6 Å². The summed E-state index contributed by atoms with van der Waals surface area (Å²) < 4.78 is 51.5. The topological polar surface area (TPSA) is 20.3 Å². The molecule has 2 nitrogen and oxygen atoms in total. The van der Waals surface area contributed by atoms with Crippen molar-refractivity contribution in [2.75, 3.05) is 13.1 Å². The largest absolute Gasteiger partial charge is 0.471 e. The van der Waals surface area contributed by atoms with Gasteiger partial charge in [-0.05, 0) is 53.3 Å². The van der Waals surface area contributed by atoms with E-state index in [1.165, 1.54) is 12.1 Å². The fourth-order valence-corrected chi connectivity index (χ4v) is 3.42. The molecule has 1 aliphatic rings. The number of rotatable bonds is 2. The third-order valence-electron chi connectivity index (χ3n) is 4.50. The first kappa shape index (κ1) is 19.4. The SMILES string of the molecule is O=C(N1CCc2ccc(Cl)c(C=Cc3cccc(F)c3)c2CC1)C(F)(F)F. The zero-order valence-corrected chi connectivity index (χ0v) is 14.9. The van der Waals surface area contributed by atoms with E-state index in [-0.39, 0.29) is 25.3 Å². The molecule has 3 rings (SSSR count). The molecule has 0 fully saturated rings. The molecule has 142 valence electrons. The molecule has 1 amide bonds. The van der Waals surface area contributed by atoms with Gasteiger partial charge in [0.2, 0.25) is 0 Å². The summed E-state index contributed by atoms with van der Waals surface area (Å²) in [5.74, 6) is -2.19. The van der Waals surface area contributed by atoms with Crippen LogP contribution in [-0.2, 0) is 17.6 Å². The second-order valence-corrected chi connectivity index (χ2v) is 6.68. The highest BCUT2D eigenvalue weighted by atomic mass is 35.5. The summed E-state index contributed by atoms with van der Waals surface area (Å²) >= 11 is 6.30. The Hall–Kier alpha value is -2.34. The van der Waals surface area contributed by atoms with Gasteiger partial charge in [0, 0.05) is 18.1 Å². The van der Waals surface area contributed by atoms with Crippen molar-refractivity contribution in [1.29, 1.82) is 0 Å². The Morgan fingerprint density at radius 2 is 1.81 bits per heavy atom. The smallest absolute Gasteiger partial charge is 0.334 e. The van der Waals surface area contributed by atoms with Gasteiger partial charge >= 0.3 is 12.1 Å². The fraction of sp³-hybridized carbons (Fsp3) is 0.250. The molecule has 2 aromatic rings. The second kappa shape index (κ2) is 7.72. The molecule has 27 heavy (non-hydrogen) atoms. The summed E-state index contributed by atoms with van der Waals surface area (Å²) in [6, 6.07) is 9.49. The summed E-state index contributed by atoms with van der Waals surface area (Å²) in [6.07, 6.45) is -0.866. The molecule has 0 aliphatic carbocycles. The Kier molecular flexibility index (Phi) is 5.56. The van der Waals surface area contributed by atoms with Crippen LogP contribution in [0.1, 0.15) is 22.3 Å². The molecular weight excluding hydrogens is 382 g/mol. The Labute approximate surface area is 159 Å². The van der Waals surface area contributed by atoms with Gasteiger partial charge in [0.05, 0.1) is 0 Å². The van der Waals surface area contributed by atoms with Crippen molar-refractivity contribution in [3.05, 3.63) is 69.5 Å². The average Bonchev–Trinajstić information content (AvgIpc) is 2.82. The number of benzene rings is 2. The number of carbonyl (C=O) groups is 1. The van der Waals surface area contributed by atoms with E-state index in [1.54, 1.807) is 36.4 Å². The lowest BCUT2D eigenvalue weighted by atomic mass is 9.96. The lowest BCUT2D eigenvalue weighted by molar-refractivity contribution is -0.185. The highest BCUT2D eigenvalue weighted by molar-refractivity contribution is 6.32. The van der Waals surface area contributed by atoms with Gasteiger partial charge in [0.25, 0.3) is 0 Å². The van der Waals surface area contributed by atoms with Gasteiger partial charge in [-0.1, -0.05) is 42.0 Å². The molecule has 0 saturated heterocycles. The molecule has 1 aliphatic heterocycles. The van der Waals surface area contributed by atoms with Crippen LogP contribution in [0.25, 0.3) is 12.2 Å². The van der Waals surface area contributed by atoms with E-state index in [2.05, 4.69) is 0 Å². The molecule has 0 spiro atoms. The van der Waals surface area contributed by atoms with E-state index in [0.717, 1.165) is 16.0 Å². The lowest BCUT2D eigenvalue weighted by Gasteiger charge is -2.21. The molecule has 0 bridgehead atoms. The summed E-state index contributed by atoms with van der Waals surface area (Å²) in [5.41, 5.74) is 2.99. The van der Waals surface area contributed by atoms with Crippen LogP contribution in [0.15, 0.2) is 36.4 Å². The summed E-state index contributed by atoms with van der Waals surface area (Å²) in [4.78, 5) is 12.4. The molecule has 2 aromatic carbocycles. The molecular formula is C20H16ClF4NO. The van der Waals surface area contributed by atoms with Crippen molar-refractivity contribution < 1.29 is 22.4 Å². The van der Waals surface area contributed by atoms with Crippen LogP contribution < -0.4 is 0 Å². The maximum absolute atomic E-state index is 13.3. The first-order chi connectivity index (χ1) is 12.8. The van der Waals surface area contributed by atoms with Gasteiger partial charge < -0.3 is 4.90 Å². The van der Waals surface area contributed by atoms with Crippen molar-refractivity contribution in [2.24, 2.45) is 0 Å². The van der Waals surface area contributed by atoms with E-state index < -0.39 is 12.1 Å². The molecule has 0 N–H and O–H groups in total. The Balaban J connectivity index is 1.89. The van der Waals surface area contributed by atoms with Crippen molar-refractivity contribution >= 4 is 29.7 Å². The Morgan fingerprint density at radius 3 is 2.52 bits per heavy atom. The highest BCUT2D eigenvalue weighted by Crippen LogP contribution is 2.30. The van der Waals surface area contributed by atoms with Crippen molar-refractivity contribution in [3.8, 4) is 0 Å². The van der Waals surface area contributed by atoms with Crippen molar-refractivity contribution in [2.45, 2.75) is 19.0 Å². The van der Waals surface area contributed by atoms with Gasteiger partial charge in [-0.25, -0.2) is 4.39 Å². The number of halogens is 5. The van der Waals surface area contributed by atoms with Crippen LogP contribution in [0.3, 0.4) is 0 Å². The second-order valence-electron chi connectivity index (χ2n) is 6.28. The van der Waals surface area contributed by atoms with Crippen LogP contribution in [0.2, 0.25) is 5.02 Å². The van der Waals surface area contributed by atoms with Crippen LogP contribution in [0.5, 0.6) is 0 Å². The third kappa shape index (κ3) is 4.50. The lowest BCUT2D eigenvalue weighted by Crippen LogP contribution is -2.42. The number of carbonyl (C=O) groups excluding carboxylic acids is 1. The third-order valence-corrected chi connectivity index (χ3v) is 4.83. The predicted octanol–water partition coefficient (Wildman–Crippen LogP) is 5.14. The number of fused-ring (bicyclic) bond motifs is 1. The van der Waals surface area contributed by atoms with Crippen molar-refractivity contribution in [3.63, 3.8) is 0 Å². The van der Waals surface area contributed by atoms with Crippen LogP contribution in [0, 0.1) is 5.82 Å². The van der Waals surface area contributed by atoms with Crippen molar-refractivity contribution in [1.82, 2.24) is 4.90 Å². The van der Waals surface area contributed by atoms with E-state index in [0.29, 0.717) is 22.6 Å². The Bertz CT molecular complexity index is 892. The Morgan fingerprint density at radius 1 is 1.07 bits per heavy atom. The van der Waals surface area contributed by atoms with Gasteiger partial charge in [0.15, 0.2) is 0 Å². The zero-order valence-electron chi connectivity index (χ0n) is 14.2. The molecule has 1 heterocycles.